The zero-order chi connectivity index (χ0) is 26.3. The van der Waals surface area contributed by atoms with Gasteiger partial charge in [0.15, 0.2) is 0 Å². The molecule has 0 saturated carbocycles. The summed E-state index contributed by atoms with van der Waals surface area (Å²) in [4.78, 5) is 22.7. The molecule has 0 bridgehead atoms. The number of hydrogen-bond donors (Lipinski definition) is 2. The van der Waals surface area contributed by atoms with E-state index < -0.39 is 30.8 Å². The average Bonchev–Trinajstić information content (AvgIpc) is 2.75. The summed E-state index contributed by atoms with van der Waals surface area (Å²) in [6.07, 6.45) is -3.58. The second-order valence-corrected chi connectivity index (χ2v) is 9.53. The summed E-state index contributed by atoms with van der Waals surface area (Å²) in [6.45, 7) is 5.42. The van der Waals surface area contributed by atoms with Gasteiger partial charge in [0.05, 0.1) is 17.6 Å². The first-order valence-electron chi connectivity index (χ1n) is 11.3. The van der Waals surface area contributed by atoms with Crippen molar-refractivity contribution in [2.45, 2.75) is 44.8 Å². The zero-order valence-corrected chi connectivity index (χ0v) is 19.9. The van der Waals surface area contributed by atoms with Crippen LogP contribution in [-0.2, 0) is 4.74 Å². The molecule has 36 heavy (non-hydrogen) atoms. The van der Waals surface area contributed by atoms with E-state index in [9.17, 15) is 28.2 Å². The first-order chi connectivity index (χ1) is 16.9. The number of hydrogen-bond acceptors (Lipinski definition) is 7. The van der Waals surface area contributed by atoms with Crippen molar-refractivity contribution in [2.75, 3.05) is 19.7 Å². The van der Waals surface area contributed by atoms with E-state index in [-0.39, 0.29) is 11.7 Å². The molecule has 0 unspecified atom stereocenters. The van der Waals surface area contributed by atoms with Crippen LogP contribution in [0, 0.1) is 0 Å². The van der Waals surface area contributed by atoms with Gasteiger partial charge in [-0.25, -0.2) is 4.79 Å². The van der Waals surface area contributed by atoms with E-state index in [0.29, 0.717) is 46.4 Å². The Balaban J connectivity index is 1.75. The highest BCUT2D eigenvalue weighted by Gasteiger charge is 2.37. The van der Waals surface area contributed by atoms with Crippen LogP contribution in [0.25, 0.3) is 22.2 Å². The van der Waals surface area contributed by atoms with Gasteiger partial charge < -0.3 is 24.6 Å². The van der Waals surface area contributed by atoms with Gasteiger partial charge in [-0.05, 0) is 50.1 Å². The Morgan fingerprint density at radius 1 is 1.11 bits per heavy atom. The smallest absolute Gasteiger partial charge is 0.444 e. The first kappa shape index (κ1) is 25.6. The average molecular weight is 505 g/mol. The van der Waals surface area contributed by atoms with Gasteiger partial charge in [0.25, 0.3) is 0 Å². The quantitative estimate of drug-likeness (QED) is 0.524. The van der Waals surface area contributed by atoms with Crippen molar-refractivity contribution in [1.82, 2.24) is 14.9 Å². The van der Waals surface area contributed by atoms with Crippen molar-refractivity contribution in [2.24, 2.45) is 0 Å². The molecule has 1 aliphatic heterocycles. The monoisotopic (exact) mass is 505 g/mol. The molecule has 1 saturated heterocycles. The maximum atomic E-state index is 12.6. The molecule has 1 fully saturated rings. The van der Waals surface area contributed by atoms with Gasteiger partial charge in [-0.3, -0.25) is 9.97 Å². The van der Waals surface area contributed by atoms with Crippen molar-refractivity contribution in [1.29, 1.82) is 0 Å². The van der Waals surface area contributed by atoms with E-state index in [1.807, 2.05) is 0 Å². The van der Waals surface area contributed by atoms with E-state index in [2.05, 4.69) is 14.7 Å². The van der Waals surface area contributed by atoms with Crippen LogP contribution in [-0.4, -0.2) is 62.8 Å². The number of alkyl halides is 3. The number of benzene rings is 2. The summed E-state index contributed by atoms with van der Waals surface area (Å²) in [5.41, 5.74) is 2.33. The zero-order valence-electron chi connectivity index (χ0n) is 19.9. The number of amides is 1. The Morgan fingerprint density at radius 2 is 1.72 bits per heavy atom. The molecule has 1 atom stereocenters. The molecule has 2 heterocycles. The number of likely N-dealkylation sites (tertiary alicyclic amines) is 1. The summed E-state index contributed by atoms with van der Waals surface area (Å²) in [6, 6.07) is 7.14. The third kappa shape index (κ3) is 5.52. The van der Waals surface area contributed by atoms with Crippen LogP contribution in [0.1, 0.15) is 43.9 Å². The Kier molecular flexibility index (Phi) is 6.80. The fraction of sp³-hybridized carbons (Fsp3) is 0.400. The number of aliphatic hydroxyl groups excluding tert-OH is 2. The number of carbonyl (C=O) groups excluding carboxylic acids is 1. The molecule has 192 valence electrons. The number of aromatic nitrogens is 2. The van der Waals surface area contributed by atoms with E-state index in [0.717, 1.165) is 0 Å². The Bertz CT molecular complexity index is 1250. The number of aliphatic hydroxyl groups is 2. The second kappa shape index (κ2) is 9.55. The number of carbonyl (C=O) groups is 1. The van der Waals surface area contributed by atoms with Crippen molar-refractivity contribution >= 4 is 17.1 Å². The maximum Gasteiger partial charge on any atom is 0.573 e. The van der Waals surface area contributed by atoms with Crippen LogP contribution in [0.2, 0.25) is 0 Å². The lowest BCUT2D eigenvalue weighted by Crippen LogP contribution is -2.50. The van der Waals surface area contributed by atoms with Crippen LogP contribution in [0.5, 0.6) is 5.75 Å². The van der Waals surface area contributed by atoms with Gasteiger partial charge in [0, 0.05) is 42.5 Å². The molecule has 3 aromatic rings. The second-order valence-electron chi connectivity index (χ2n) is 9.53. The normalized spacial score (nSPS) is 15.5. The van der Waals surface area contributed by atoms with E-state index in [1.54, 1.807) is 26.8 Å². The standard InChI is InChI=1S/C25H26F3N3O5/c1-24(2,3)36-23(34)31-11-15(12-31)17-10-18(14-4-6-16(7-5-14)35-25(26,27)28)21-22(30-9-8-29-21)20(17)19(33)13-32/h4-10,15,19,32-33H,11-13H2,1-3H3/t19-/m1/s1. The first-order valence-corrected chi connectivity index (χ1v) is 11.3. The largest absolute Gasteiger partial charge is 0.573 e. The lowest BCUT2D eigenvalue weighted by Gasteiger charge is -2.41. The number of nitrogens with zero attached hydrogens (tertiary/aromatic N) is 3. The van der Waals surface area contributed by atoms with E-state index in [4.69, 9.17) is 4.74 Å². The number of fused-ring (bicyclic) bond motifs is 1. The number of halogens is 3. The summed E-state index contributed by atoms with van der Waals surface area (Å²) in [7, 11) is 0. The molecule has 1 aromatic heterocycles. The fourth-order valence-corrected chi connectivity index (χ4v) is 4.16. The van der Waals surface area contributed by atoms with Gasteiger partial charge in [0.2, 0.25) is 0 Å². The van der Waals surface area contributed by atoms with Gasteiger partial charge in [-0.1, -0.05) is 12.1 Å². The lowest BCUT2D eigenvalue weighted by molar-refractivity contribution is -0.274. The summed E-state index contributed by atoms with van der Waals surface area (Å²) in [5, 5.41) is 20.4. The van der Waals surface area contributed by atoms with Gasteiger partial charge in [0.1, 0.15) is 17.5 Å². The minimum atomic E-state index is -4.81. The van der Waals surface area contributed by atoms with Crippen molar-refractivity contribution in [3.8, 4) is 16.9 Å². The fourth-order valence-electron chi connectivity index (χ4n) is 4.16. The van der Waals surface area contributed by atoms with E-state index >= 15 is 0 Å². The molecule has 8 nitrogen and oxygen atoms in total. The predicted molar refractivity (Wildman–Crippen MR) is 124 cm³/mol. The van der Waals surface area contributed by atoms with Crippen molar-refractivity contribution in [3.05, 3.63) is 53.9 Å². The molecular weight excluding hydrogens is 479 g/mol. The van der Waals surface area contributed by atoms with Crippen LogP contribution in [0.3, 0.4) is 0 Å². The van der Waals surface area contributed by atoms with Gasteiger partial charge >= 0.3 is 12.5 Å². The summed E-state index contributed by atoms with van der Waals surface area (Å²) >= 11 is 0. The van der Waals surface area contributed by atoms with Crippen LogP contribution >= 0.6 is 0 Å². The molecule has 0 radical (unpaired) electrons. The molecule has 1 amide bonds. The minimum Gasteiger partial charge on any atom is -0.444 e. The molecule has 2 aromatic carbocycles. The highest BCUT2D eigenvalue weighted by Crippen LogP contribution is 2.40. The number of rotatable bonds is 5. The molecule has 2 N–H and O–H groups in total. The molecule has 11 heteroatoms. The third-order valence-corrected chi connectivity index (χ3v) is 5.70. The molecule has 1 aliphatic rings. The molecular formula is C25H26F3N3O5. The Hall–Kier alpha value is -3.44. The molecule has 0 aliphatic carbocycles. The SMILES string of the molecule is CC(C)(C)OC(=O)N1CC(c2cc(-c3ccc(OC(F)(F)F)cc3)c3nccnc3c2[C@H](O)CO)C1. The van der Waals surface area contributed by atoms with Crippen LogP contribution in [0.4, 0.5) is 18.0 Å². The molecule has 4 rings (SSSR count). The van der Waals surface area contributed by atoms with Gasteiger partial charge in [-0.15, -0.1) is 13.2 Å². The summed E-state index contributed by atoms with van der Waals surface area (Å²) in [5.74, 6) is -0.548. The minimum absolute atomic E-state index is 0.188. The Morgan fingerprint density at radius 3 is 2.28 bits per heavy atom. The molecule has 0 spiro atoms. The predicted octanol–water partition coefficient (Wildman–Crippen LogP) is 4.56. The number of ether oxygens (including phenoxy) is 2. The maximum absolute atomic E-state index is 12.6. The van der Waals surface area contributed by atoms with Crippen LogP contribution in [0.15, 0.2) is 42.7 Å². The van der Waals surface area contributed by atoms with Gasteiger partial charge in [-0.2, -0.15) is 0 Å². The Labute approximate surface area is 205 Å². The third-order valence-electron chi connectivity index (χ3n) is 5.70. The van der Waals surface area contributed by atoms with Crippen LogP contribution < -0.4 is 4.74 Å². The lowest BCUT2D eigenvalue weighted by atomic mass is 9.83. The van der Waals surface area contributed by atoms with Crippen molar-refractivity contribution in [3.63, 3.8) is 0 Å². The highest BCUT2D eigenvalue weighted by molar-refractivity contribution is 5.95. The van der Waals surface area contributed by atoms with Crippen molar-refractivity contribution < 1.29 is 37.7 Å². The summed E-state index contributed by atoms with van der Waals surface area (Å²) < 4.78 is 47.1. The highest BCUT2D eigenvalue weighted by atomic mass is 19.4. The topological polar surface area (TPSA) is 105 Å². The van der Waals surface area contributed by atoms with E-state index in [1.165, 1.54) is 41.6 Å².